The maximum absolute atomic E-state index is 13.2. The fourth-order valence-corrected chi connectivity index (χ4v) is 5.62. The molecule has 0 aromatic heterocycles. The van der Waals surface area contributed by atoms with Gasteiger partial charge in [-0.05, 0) is 63.3 Å². The molecular weight excluding hydrogens is 378 g/mol. The Hall–Kier alpha value is -1.64. The first-order valence-corrected chi connectivity index (χ1v) is 11.3. The van der Waals surface area contributed by atoms with Crippen LogP contribution in [0.1, 0.15) is 44.7 Å². The number of hydrogen-bond acceptors (Lipinski definition) is 4. The van der Waals surface area contributed by atoms with Crippen molar-refractivity contribution in [2.24, 2.45) is 0 Å². The Labute approximate surface area is 168 Å². The number of benzene rings is 1. The summed E-state index contributed by atoms with van der Waals surface area (Å²) in [6.07, 6.45) is 2.39. The second-order valence-corrected chi connectivity index (χ2v) is 10.5. The summed E-state index contributed by atoms with van der Waals surface area (Å²) in [6.45, 7) is 7.81. The molecule has 3 rings (SSSR count). The lowest BCUT2D eigenvalue weighted by Gasteiger charge is -2.32. The molecule has 0 radical (unpaired) electrons. The van der Waals surface area contributed by atoms with Gasteiger partial charge in [-0.1, -0.05) is 6.07 Å². The first kappa shape index (κ1) is 21.1. The van der Waals surface area contributed by atoms with Crippen LogP contribution in [0.15, 0.2) is 23.1 Å². The topological polar surface area (TPSA) is 79.0 Å². The molecule has 1 N–H and O–H groups in total. The minimum Gasteiger partial charge on any atom is -0.383 e. The number of rotatable bonds is 4. The Bertz CT molecular complexity index is 832. The quantitative estimate of drug-likeness (QED) is 0.828. The van der Waals surface area contributed by atoms with E-state index in [-0.39, 0.29) is 17.6 Å². The summed E-state index contributed by atoms with van der Waals surface area (Å²) in [6, 6.07) is 5.10. The lowest BCUT2D eigenvalue weighted by atomic mass is 10.00. The maximum atomic E-state index is 13.2. The van der Waals surface area contributed by atoms with Crippen molar-refractivity contribution in [2.45, 2.75) is 63.1 Å². The molecule has 0 saturated carbocycles. The van der Waals surface area contributed by atoms with Crippen molar-refractivity contribution in [3.63, 3.8) is 0 Å². The van der Waals surface area contributed by atoms with Crippen LogP contribution in [0.4, 0.5) is 4.79 Å². The summed E-state index contributed by atoms with van der Waals surface area (Å²) >= 11 is 0. The predicted octanol–water partition coefficient (Wildman–Crippen LogP) is 2.35. The first-order valence-electron chi connectivity index (χ1n) is 9.81. The number of sulfonamides is 1. The molecule has 1 unspecified atom stereocenters. The van der Waals surface area contributed by atoms with E-state index in [0.29, 0.717) is 31.1 Å². The molecule has 2 heterocycles. The van der Waals surface area contributed by atoms with Crippen LogP contribution in [0.2, 0.25) is 0 Å². The second kappa shape index (κ2) is 8.00. The van der Waals surface area contributed by atoms with Gasteiger partial charge in [0.2, 0.25) is 10.0 Å². The molecule has 7 nitrogen and oxygen atoms in total. The van der Waals surface area contributed by atoms with Gasteiger partial charge in [0.15, 0.2) is 0 Å². The van der Waals surface area contributed by atoms with E-state index in [0.717, 1.165) is 30.4 Å². The van der Waals surface area contributed by atoms with Crippen LogP contribution in [-0.2, 0) is 27.7 Å². The molecular formula is C20H31N3O4S. The maximum Gasteiger partial charge on any atom is 0.318 e. The molecule has 28 heavy (non-hydrogen) atoms. The Morgan fingerprint density at radius 3 is 2.68 bits per heavy atom. The van der Waals surface area contributed by atoms with Crippen molar-refractivity contribution in [3.8, 4) is 0 Å². The first-order chi connectivity index (χ1) is 13.1. The number of carbonyl (C=O) groups excluding carboxylic acids is 1. The SMILES string of the molecule is COCC1CCCN1S(=O)(=O)c1ccc2c(c1)CN(C(=O)NC(C)(C)C)CC2. The van der Waals surface area contributed by atoms with Crippen LogP contribution in [-0.4, -0.2) is 62.0 Å². The van der Waals surface area contributed by atoms with Crippen LogP contribution < -0.4 is 5.32 Å². The van der Waals surface area contributed by atoms with Crippen molar-refractivity contribution >= 4 is 16.1 Å². The Balaban J connectivity index is 1.81. The highest BCUT2D eigenvalue weighted by Crippen LogP contribution is 2.29. The summed E-state index contributed by atoms with van der Waals surface area (Å²) in [5.41, 5.74) is 1.70. The van der Waals surface area contributed by atoms with Crippen LogP contribution in [0.25, 0.3) is 0 Å². The number of nitrogens with one attached hydrogen (secondary N) is 1. The molecule has 1 aromatic carbocycles. The highest BCUT2D eigenvalue weighted by molar-refractivity contribution is 7.89. The average molecular weight is 410 g/mol. The average Bonchev–Trinajstić information content (AvgIpc) is 3.09. The summed E-state index contributed by atoms with van der Waals surface area (Å²) in [4.78, 5) is 14.5. The van der Waals surface area contributed by atoms with Gasteiger partial charge in [-0.3, -0.25) is 0 Å². The number of ether oxygens (including phenoxy) is 1. The Morgan fingerprint density at radius 1 is 1.25 bits per heavy atom. The monoisotopic (exact) mass is 409 g/mol. The minimum absolute atomic E-state index is 0.111. The Kier molecular flexibility index (Phi) is 6.03. The highest BCUT2D eigenvalue weighted by Gasteiger charge is 2.36. The number of urea groups is 1. The lowest BCUT2D eigenvalue weighted by molar-refractivity contribution is 0.149. The summed E-state index contributed by atoms with van der Waals surface area (Å²) in [5, 5.41) is 2.98. The summed E-state index contributed by atoms with van der Waals surface area (Å²) in [7, 11) is -1.98. The second-order valence-electron chi connectivity index (χ2n) is 8.65. The molecule has 2 aliphatic rings. The number of carbonyl (C=O) groups is 1. The van der Waals surface area contributed by atoms with Crippen molar-refractivity contribution in [1.29, 1.82) is 0 Å². The standard InChI is InChI=1S/C20H31N3O4S/c1-20(2,3)21-19(24)22-11-9-15-7-8-18(12-16(15)13-22)28(25,26)23-10-5-6-17(23)14-27-4/h7-8,12,17H,5-6,9-11,13-14H2,1-4H3,(H,21,24). The molecule has 1 saturated heterocycles. The van der Waals surface area contributed by atoms with E-state index in [1.807, 2.05) is 26.8 Å². The van der Waals surface area contributed by atoms with Crippen LogP contribution in [0.5, 0.6) is 0 Å². The fourth-order valence-electron chi connectivity index (χ4n) is 3.89. The molecule has 8 heteroatoms. The van der Waals surface area contributed by atoms with Crippen molar-refractivity contribution in [3.05, 3.63) is 29.3 Å². The van der Waals surface area contributed by atoms with Gasteiger partial charge in [-0.25, -0.2) is 13.2 Å². The van der Waals surface area contributed by atoms with E-state index >= 15 is 0 Å². The molecule has 1 fully saturated rings. The van der Waals surface area contributed by atoms with Crippen LogP contribution in [0, 0.1) is 0 Å². The molecule has 2 aliphatic heterocycles. The van der Waals surface area contributed by atoms with Gasteiger partial charge in [0, 0.05) is 38.3 Å². The largest absolute Gasteiger partial charge is 0.383 e. The van der Waals surface area contributed by atoms with Crippen LogP contribution >= 0.6 is 0 Å². The highest BCUT2D eigenvalue weighted by atomic mass is 32.2. The van der Waals surface area contributed by atoms with Gasteiger partial charge in [0.1, 0.15) is 0 Å². The molecule has 1 atom stereocenters. The molecule has 0 bridgehead atoms. The third-order valence-electron chi connectivity index (χ3n) is 5.25. The van der Waals surface area contributed by atoms with Crippen LogP contribution in [0.3, 0.4) is 0 Å². The molecule has 1 aromatic rings. The molecule has 2 amide bonds. The molecule has 0 spiro atoms. The third-order valence-corrected chi connectivity index (χ3v) is 7.20. The molecule has 0 aliphatic carbocycles. The number of hydrogen-bond donors (Lipinski definition) is 1. The normalized spacial score (nSPS) is 20.9. The smallest absolute Gasteiger partial charge is 0.318 e. The summed E-state index contributed by atoms with van der Waals surface area (Å²) < 4.78 is 33.1. The van der Waals surface area contributed by atoms with E-state index in [2.05, 4.69) is 5.32 Å². The number of nitrogens with zero attached hydrogens (tertiary/aromatic N) is 2. The van der Waals surface area contributed by atoms with Gasteiger partial charge in [-0.15, -0.1) is 0 Å². The van der Waals surface area contributed by atoms with E-state index in [1.165, 1.54) is 0 Å². The zero-order valence-electron chi connectivity index (χ0n) is 17.2. The van der Waals surface area contributed by atoms with Gasteiger partial charge in [-0.2, -0.15) is 4.31 Å². The van der Waals surface area contributed by atoms with E-state index < -0.39 is 10.0 Å². The number of methoxy groups -OCH3 is 1. The van der Waals surface area contributed by atoms with Gasteiger partial charge in [0.05, 0.1) is 11.5 Å². The van der Waals surface area contributed by atoms with E-state index in [1.54, 1.807) is 28.4 Å². The van der Waals surface area contributed by atoms with Crippen molar-refractivity contribution < 1.29 is 17.9 Å². The molecule has 156 valence electrons. The van der Waals surface area contributed by atoms with Gasteiger partial charge >= 0.3 is 6.03 Å². The van der Waals surface area contributed by atoms with Crippen molar-refractivity contribution in [1.82, 2.24) is 14.5 Å². The Morgan fingerprint density at radius 2 is 2.00 bits per heavy atom. The third kappa shape index (κ3) is 4.50. The lowest BCUT2D eigenvalue weighted by Crippen LogP contribution is -2.49. The number of amides is 2. The predicted molar refractivity (Wildman–Crippen MR) is 108 cm³/mol. The zero-order chi connectivity index (χ0) is 20.5. The van der Waals surface area contributed by atoms with Gasteiger partial charge < -0.3 is 15.0 Å². The van der Waals surface area contributed by atoms with Crippen molar-refractivity contribution in [2.75, 3.05) is 26.8 Å². The zero-order valence-corrected chi connectivity index (χ0v) is 18.0. The summed E-state index contributed by atoms with van der Waals surface area (Å²) in [5.74, 6) is 0. The number of fused-ring (bicyclic) bond motifs is 1. The van der Waals surface area contributed by atoms with E-state index in [9.17, 15) is 13.2 Å². The minimum atomic E-state index is -3.58. The van der Waals surface area contributed by atoms with E-state index in [4.69, 9.17) is 4.74 Å². The van der Waals surface area contributed by atoms with Gasteiger partial charge in [0.25, 0.3) is 0 Å². The fraction of sp³-hybridized carbons (Fsp3) is 0.650.